The van der Waals surface area contributed by atoms with Gasteiger partial charge < -0.3 is 4.74 Å². The molecule has 2 aromatic rings. The van der Waals surface area contributed by atoms with Crippen LogP contribution in [0.25, 0.3) is 0 Å². The first-order chi connectivity index (χ1) is 9.72. The normalized spacial score (nSPS) is 11.2. The third kappa shape index (κ3) is 3.54. The molecule has 0 fully saturated rings. The molecule has 102 valence electrons. The second-order valence-electron chi connectivity index (χ2n) is 4.09. The highest BCUT2D eigenvalue weighted by Gasteiger charge is 2.10. The Morgan fingerprint density at radius 1 is 1.10 bits per heavy atom. The Labute approximate surface area is 126 Å². The van der Waals surface area contributed by atoms with E-state index in [1.807, 2.05) is 54.6 Å². The molecule has 0 aromatic heterocycles. The summed E-state index contributed by atoms with van der Waals surface area (Å²) >= 11 is 3.52. The molecule has 2 rings (SSSR count). The fourth-order valence-electron chi connectivity index (χ4n) is 1.79. The summed E-state index contributed by atoms with van der Waals surface area (Å²) in [6.45, 7) is 0.00205. The van der Waals surface area contributed by atoms with Gasteiger partial charge in [0.1, 0.15) is 6.54 Å². The van der Waals surface area contributed by atoms with E-state index in [4.69, 9.17) is 0 Å². The molecule has 0 aliphatic rings. The van der Waals surface area contributed by atoms with E-state index in [0.29, 0.717) is 0 Å². The maximum atomic E-state index is 11.3. The molecule has 0 radical (unpaired) electrons. The maximum Gasteiger partial charge on any atom is 0.327 e. The Bertz CT molecular complexity index is 623. The lowest BCUT2D eigenvalue weighted by atomic mass is 10.0. The van der Waals surface area contributed by atoms with E-state index in [1.54, 1.807) is 0 Å². The number of methoxy groups -OCH3 is 1. The molecule has 3 nitrogen and oxygen atoms in total. The monoisotopic (exact) mass is 331 g/mol. The quantitative estimate of drug-likeness (QED) is 0.635. The minimum atomic E-state index is -0.356. The Morgan fingerprint density at radius 3 is 2.40 bits per heavy atom. The van der Waals surface area contributed by atoms with Crippen LogP contribution in [0.15, 0.2) is 64.1 Å². The highest BCUT2D eigenvalue weighted by Crippen LogP contribution is 2.20. The van der Waals surface area contributed by atoms with Gasteiger partial charge in [-0.25, -0.2) is 0 Å². The number of aliphatic imine (C=N–C) groups is 1. The molecule has 0 heterocycles. The van der Waals surface area contributed by atoms with Gasteiger partial charge in [-0.05, 0) is 6.07 Å². The highest BCUT2D eigenvalue weighted by atomic mass is 79.9. The summed E-state index contributed by atoms with van der Waals surface area (Å²) in [5.41, 5.74) is 2.68. The van der Waals surface area contributed by atoms with Crippen molar-refractivity contribution in [1.29, 1.82) is 0 Å². The standard InChI is InChI=1S/C16H14BrNO2/c1-20-15(19)11-18-16(12-7-3-2-4-8-12)13-9-5-6-10-14(13)17/h2-10H,11H2,1H3. The molecule has 0 atom stereocenters. The number of hydrogen-bond donors (Lipinski definition) is 0. The van der Waals surface area contributed by atoms with E-state index in [-0.39, 0.29) is 12.5 Å². The van der Waals surface area contributed by atoms with Gasteiger partial charge in [0.2, 0.25) is 0 Å². The van der Waals surface area contributed by atoms with Crippen LogP contribution in [-0.4, -0.2) is 25.3 Å². The van der Waals surface area contributed by atoms with Crippen LogP contribution < -0.4 is 0 Å². The van der Waals surface area contributed by atoms with Gasteiger partial charge in [0.25, 0.3) is 0 Å². The summed E-state index contributed by atoms with van der Waals surface area (Å²) in [6, 6.07) is 17.6. The van der Waals surface area contributed by atoms with Gasteiger partial charge in [0, 0.05) is 15.6 Å². The van der Waals surface area contributed by atoms with Gasteiger partial charge in [-0.3, -0.25) is 9.79 Å². The lowest BCUT2D eigenvalue weighted by Gasteiger charge is -2.09. The van der Waals surface area contributed by atoms with Crippen molar-refractivity contribution < 1.29 is 9.53 Å². The highest BCUT2D eigenvalue weighted by molar-refractivity contribution is 9.10. The van der Waals surface area contributed by atoms with Crippen molar-refractivity contribution in [3.8, 4) is 0 Å². The summed E-state index contributed by atoms with van der Waals surface area (Å²) in [7, 11) is 1.36. The fourth-order valence-corrected chi connectivity index (χ4v) is 2.26. The average Bonchev–Trinajstić information content (AvgIpc) is 2.50. The fraction of sp³-hybridized carbons (Fsp3) is 0.125. The summed E-state index contributed by atoms with van der Waals surface area (Å²) in [6.07, 6.45) is 0. The Kier molecular flexibility index (Phi) is 5.07. The topological polar surface area (TPSA) is 38.7 Å². The lowest BCUT2D eigenvalue weighted by Crippen LogP contribution is -2.10. The molecule has 0 spiro atoms. The Hall–Kier alpha value is -1.94. The van der Waals surface area contributed by atoms with E-state index in [0.717, 1.165) is 21.3 Å². The van der Waals surface area contributed by atoms with Crippen LogP contribution in [0.5, 0.6) is 0 Å². The molecule has 0 N–H and O–H groups in total. The number of nitrogens with zero attached hydrogens (tertiary/aromatic N) is 1. The first kappa shape index (κ1) is 14.5. The van der Waals surface area contributed by atoms with Gasteiger partial charge in [0.15, 0.2) is 0 Å². The molecule has 0 saturated carbocycles. The molecule has 4 heteroatoms. The van der Waals surface area contributed by atoms with E-state index < -0.39 is 0 Å². The summed E-state index contributed by atoms with van der Waals surface area (Å²) in [5, 5.41) is 0. The number of esters is 1. The van der Waals surface area contributed by atoms with E-state index in [9.17, 15) is 4.79 Å². The molecule has 0 saturated heterocycles. The first-order valence-corrected chi connectivity index (χ1v) is 6.93. The minimum Gasteiger partial charge on any atom is -0.468 e. The summed E-state index contributed by atoms with van der Waals surface area (Å²) < 4.78 is 5.58. The van der Waals surface area contributed by atoms with Crippen LogP contribution >= 0.6 is 15.9 Å². The van der Waals surface area contributed by atoms with Gasteiger partial charge >= 0.3 is 5.97 Å². The van der Waals surface area contributed by atoms with Crippen LogP contribution in [0, 0.1) is 0 Å². The van der Waals surface area contributed by atoms with E-state index >= 15 is 0 Å². The first-order valence-electron chi connectivity index (χ1n) is 6.14. The summed E-state index contributed by atoms with van der Waals surface area (Å²) in [5.74, 6) is -0.356. The van der Waals surface area contributed by atoms with Crippen LogP contribution in [0.1, 0.15) is 11.1 Å². The number of carbonyl (C=O) groups excluding carboxylic acids is 1. The molecule has 0 unspecified atom stereocenters. The number of carbonyl (C=O) groups is 1. The maximum absolute atomic E-state index is 11.3. The second-order valence-corrected chi connectivity index (χ2v) is 4.94. The zero-order valence-electron chi connectivity index (χ0n) is 11.0. The van der Waals surface area contributed by atoms with E-state index in [1.165, 1.54) is 7.11 Å². The SMILES string of the molecule is COC(=O)CN=C(c1ccccc1)c1ccccc1Br. The van der Waals surface area contributed by atoms with Gasteiger partial charge in [-0.1, -0.05) is 64.5 Å². The van der Waals surface area contributed by atoms with E-state index in [2.05, 4.69) is 25.7 Å². The zero-order valence-corrected chi connectivity index (χ0v) is 12.6. The second kappa shape index (κ2) is 7.01. The van der Waals surface area contributed by atoms with Crippen molar-refractivity contribution in [2.24, 2.45) is 4.99 Å². The van der Waals surface area contributed by atoms with Crippen molar-refractivity contribution in [3.63, 3.8) is 0 Å². The molecule has 2 aromatic carbocycles. The predicted molar refractivity (Wildman–Crippen MR) is 83.1 cm³/mol. The van der Waals surface area contributed by atoms with Crippen LogP contribution in [0.3, 0.4) is 0 Å². The number of halogens is 1. The van der Waals surface area contributed by atoms with Crippen LogP contribution in [0.4, 0.5) is 0 Å². The van der Waals surface area contributed by atoms with Crippen molar-refractivity contribution in [3.05, 3.63) is 70.2 Å². The zero-order chi connectivity index (χ0) is 14.4. The van der Waals surface area contributed by atoms with Crippen molar-refractivity contribution in [2.45, 2.75) is 0 Å². The molecule has 0 bridgehead atoms. The van der Waals surface area contributed by atoms with Crippen molar-refractivity contribution in [2.75, 3.05) is 13.7 Å². The molecular weight excluding hydrogens is 318 g/mol. The third-order valence-electron chi connectivity index (χ3n) is 2.77. The number of benzene rings is 2. The van der Waals surface area contributed by atoms with Crippen molar-refractivity contribution in [1.82, 2.24) is 0 Å². The largest absolute Gasteiger partial charge is 0.468 e. The smallest absolute Gasteiger partial charge is 0.327 e. The molecule has 20 heavy (non-hydrogen) atoms. The van der Waals surface area contributed by atoms with Crippen LogP contribution in [-0.2, 0) is 9.53 Å². The van der Waals surface area contributed by atoms with Gasteiger partial charge in [0.05, 0.1) is 12.8 Å². The number of ether oxygens (including phenoxy) is 1. The average molecular weight is 332 g/mol. The predicted octanol–water partition coefficient (Wildman–Crippen LogP) is 3.46. The Balaban J connectivity index is 2.45. The van der Waals surface area contributed by atoms with Crippen molar-refractivity contribution >= 4 is 27.6 Å². The van der Waals surface area contributed by atoms with Gasteiger partial charge in [-0.15, -0.1) is 0 Å². The summed E-state index contributed by atoms with van der Waals surface area (Å²) in [4.78, 5) is 15.7. The minimum absolute atomic E-state index is 0.00205. The third-order valence-corrected chi connectivity index (χ3v) is 3.46. The molecule has 0 aliphatic carbocycles. The molecule has 0 aliphatic heterocycles. The molecular formula is C16H14BrNO2. The molecule has 0 amide bonds. The Morgan fingerprint density at radius 2 is 1.75 bits per heavy atom. The number of hydrogen-bond acceptors (Lipinski definition) is 3. The number of rotatable bonds is 4. The lowest BCUT2D eigenvalue weighted by molar-refractivity contribution is -0.138. The van der Waals surface area contributed by atoms with Crippen LogP contribution in [0.2, 0.25) is 0 Å². The van der Waals surface area contributed by atoms with Gasteiger partial charge in [-0.2, -0.15) is 0 Å².